The lowest BCUT2D eigenvalue weighted by molar-refractivity contribution is -0.229. The molecule has 0 radical (unpaired) electrons. The molecule has 4 rings (SSSR count). The van der Waals surface area contributed by atoms with Crippen molar-refractivity contribution in [1.82, 2.24) is 0 Å². The summed E-state index contributed by atoms with van der Waals surface area (Å²) in [4.78, 5) is 24.9. The van der Waals surface area contributed by atoms with Gasteiger partial charge in [0.2, 0.25) is 0 Å². The molecule has 160 valence electrons. The van der Waals surface area contributed by atoms with E-state index >= 15 is 0 Å². The van der Waals surface area contributed by atoms with E-state index in [1.807, 2.05) is 6.07 Å². The fraction of sp³-hybridized carbons (Fsp3) is 0.739. The van der Waals surface area contributed by atoms with E-state index in [2.05, 4.69) is 20.8 Å². The summed E-state index contributed by atoms with van der Waals surface area (Å²) in [5, 5.41) is 11.6. The van der Waals surface area contributed by atoms with Gasteiger partial charge in [-0.25, -0.2) is 0 Å². The molecule has 0 unspecified atom stereocenters. The minimum atomic E-state index is -0.832. The highest BCUT2D eigenvalue weighted by atomic mass is 16.6. The number of aliphatic hydroxyl groups is 1. The molecule has 29 heavy (non-hydrogen) atoms. The fourth-order valence-electron chi connectivity index (χ4n) is 7.23. The van der Waals surface area contributed by atoms with Crippen LogP contribution in [-0.4, -0.2) is 36.4 Å². The number of carbonyl (C=O) groups excluding carboxylic acids is 2. The first-order chi connectivity index (χ1) is 13.6. The maximum absolute atomic E-state index is 12.9. The normalized spacial score (nSPS) is 40.2. The molecule has 0 amide bonds. The molecule has 3 aliphatic rings. The van der Waals surface area contributed by atoms with Crippen LogP contribution in [-0.2, 0) is 25.5 Å². The summed E-state index contributed by atoms with van der Waals surface area (Å²) in [6.45, 7) is 8.00. The predicted octanol–water partition coefficient (Wildman–Crippen LogP) is 3.46. The van der Waals surface area contributed by atoms with Crippen molar-refractivity contribution >= 4 is 11.9 Å². The van der Waals surface area contributed by atoms with Crippen molar-refractivity contribution in [3.8, 4) is 0 Å². The Balaban J connectivity index is 1.90. The molecule has 1 heterocycles. The Hall–Kier alpha value is -1.82. The summed E-state index contributed by atoms with van der Waals surface area (Å²) in [5.74, 6) is -0.957. The molecule has 0 saturated heterocycles. The number of ether oxygens (including phenoxy) is 2. The average molecular weight is 405 g/mol. The number of fused-ring (bicyclic) bond motifs is 4. The van der Waals surface area contributed by atoms with Gasteiger partial charge in [-0.15, -0.1) is 0 Å². The van der Waals surface area contributed by atoms with E-state index in [9.17, 15) is 14.7 Å². The van der Waals surface area contributed by atoms with Gasteiger partial charge in [0.15, 0.2) is 0 Å². The zero-order chi connectivity index (χ0) is 21.1. The minimum Gasteiger partial charge on any atom is -0.469 e. The molecule has 0 aliphatic heterocycles. The van der Waals surface area contributed by atoms with Crippen molar-refractivity contribution in [3.63, 3.8) is 0 Å². The highest BCUT2D eigenvalue weighted by Crippen LogP contribution is 2.65. The fourth-order valence-corrected chi connectivity index (χ4v) is 7.23. The van der Waals surface area contributed by atoms with Gasteiger partial charge in [0.25, 0.3) is 0 Å². The molecule has 0 aromatic carbocycles. The number of rotatable bonds is 2. The molecule has 2 fully saturated rings. The zero-order valence-electron chi connectivity index (χ0n) is 17.9. The molecule has 6 heteroatoms. The highest BCUT2D eigenvalue weighted by Gasteiger charge is 2.66. The zero-order valence-corrected chi connectivity index (χ0v) is 17.9. The smallest absolute Gasteiger partial charge is 0.313 e. The number of esters is 2. The van der Waals surface area contributed by atoms with Crippen LogP contribution in [0, 0.1) is 28.6 Å². The summed E-state index contributed by atoms with van der Waals surface area (Å²) in [6.07, 6.45) is 3.76. The minimum absolute atomic E-state index is 0.0378. The molecular weight excluding hydrogens is 372 g/mol. The first-order valence-electron chi connectivity index (χ1n) is 10.6. The van der Waals surface area contributed by atoms with E-state index in [0.717, 1.165) is 30.6 Å². The van der Waals surface area contributed by atoms with Crippen molar-refractivity contribution < 1.29 is 28.6 Å². The third kappa shape index (κ3) is 2.94. The molecule has 0 spiro atoms. The predicted molar refractivity (Wildman–Crippen MR) is 105 cm³/mol. The number of aliphatic hydroxyl groups excluding tert-OH is 1. The van der Waals surface area contributed by atoms with Gasteiger partial charge in [0, 0.05) is 24.8 Å². The van der Waals surface area contributed by atoms with Gasteiger partial charge >= 0.3 is 11.9 Å². The van der Waals surface area contributed by atoms with Crippen LogP contribution in [0.1, 0.15) is 64.2 Å². The Bertz CT molecular complexity index is 810. The topological polar surface area (TPSA) is 86.0 Å². The Morgan fingerprint density at radius 3 is 2.62 bits per heavy atom. The molecule has 2 saturated carbocycles. The molecule has 1 aromatic rings. The quantitative estimate of drug-likeness (QED) is 0.760. The largest absolute Gasteiger partial charge is 0.469 e. The first kappa shape index (κ1) is 20.5. The first-order valence-corrected chi connectivity index (χ1v) is 10.6. The second kappa shape index (κ2) is 6.86. The van der Waals surface area contributed by atoms with Crippen LogP contribution >= 0.6 is 0 Å². The third-order valence-corrected chi connectivity index (χ3v) is 8.12. The summed E-state index contributed by atoms with van der Waals surface area (Å²) in [5.41, 5.74) is 0.499. The Labute approximate surface area is 171 Å². The lowest BCUT2D eigenvalue weighted by Gasteiger charge is -2.64. The van der Waals surface area contributed by atoms with Crippen molar-refractivity contribution in [3.05, 3.63) is 23.7 Å². The van der Waals surface area contributed by atoms with Crippen molar-refractivity contribution in [2.24, 2.45) is 28.6 Å². The summed E-state index contributed by atoms with van der Waals surface area (Å²) < 4.78 is 16.7. The Kier molecular flexibility index (Phi) is 4.84. The monoisotopic (exact) mass is 404 g/mol. The Morgan fingerprint density at radius 2 is 1.97 bits per heavy atom. The van der Waals surface area contributed by atoms with Gasteiger partial charge in [0.1, 0.15) is 11.9 Å². The third-order valence-electron chi connectivity index (χ3n) is 8.12. The van der Waals surface area contributed by atoms with Gasteiger partial charge in [-0.05, 0) is 41.6 Å². The van der Waals surface area contributed by atoms with Crippen LogP contribution in [0.15, 0.2) is 16.7 Å². The van der Waals surface area contributed by atoms with Gasteiger partial charge in [-0.3, -0.25) is 9.59 Å². The molecule has 1 N–H and O–H groups in total. The maximum atomic E-state index is 12.9. The number of hydrogen-bond donors (Lipinski definition) is 1. The van der Waals surface area contributed by atoms with E-state index in [-0.39, 0.29) is 34.6 Å². The summed E-state index contributed by atoms with van der Waals surface area (Å²) in [6, 6.07) is 1.81. The number of methoxy groups -OCH3 is 1. The van der Waals surface area contributed by atoms with E-state index in [1.165, 1.54) is 14.0 Å². The van der Waals surface area contributed by atoms with Crippen molar-refractivity contribution in [1.29, 1.82) is 0 Å². The number of hydrogen-bond acceptors (Lipinski definition) is 6. The number of furan rings is 1. The second-order valence-electron chi connectivity index (χ2n) is 10.1. The van der Waals surface area contributed by atoms with Crippen LogP contribution in [0.25, 0.3) is 0 Å². The van der Waals surface area contributed by atoms with E-state index in [0.29, 0.717) is 6.42 Å². The maximum Gasteiger partial charge on any atom is 0.313 e. The van der Waals surface area contributed by atoms with Crippen molar-refractivity contribution in [2.75, 3.05) is 7.11 Å². The Morgan fingerprint density at radius 1 is 1.24 bits per heavy atom. The molecule has 3 aliphatic carbocycles. The SMILES string of the molecule is COC(=O)[C@H]1c2ccoc2C[C@H]2[C@H]1[C@@H](OC(C)=O)[C@H](O)[C@H]1C(C)(C)CCC[C@]21C. The van der Waals surface area contributed by atoms with Gasteiger partial charge in [-0.1, -0.05) is 27.2 Å². The number of carbonyl (C=O) groups is 2. The molecule has 7 atom stereocenters. The highest BCUT2D eigenvalue weighted by molar-refractivity contribution is 5.79. The lowest BCUT2D eigenvalue weighted by atomic mass is 9.42. The molecular formula is C23H32O6. The van der Waals surface area contributed by atoms with Crippen LogP contribution in [0.4, 0.5) is 0 Å². The lowest BCUT2D eigenvalue weighted by Crippen LogP contribution is -2.66. The molecule has 6 nitrogen and oxygen atoms in total. The summed E-state index contributed by atoms with van der Waals surface area (Å²) >= 11 is 0. The molecule has 0 bridgehead atoms. The van der Waals surface area contributed by atoms with Crippen molar-refractivity contribution in [2.45, 2.75) is 71.5 Å². The molecule has 1 aromatic heterocycles. The van der Waals surface area contributed by atoms with E-state index in [1.54, 1.807) is 6.26 Å². The van der Waals surface area contributed by atoms with E-state index in [4.69, 9.17) is 13.9 Å². The van der Waals surface area contributed by atoms with Gasteiger partial charge in [0.05, 0.1) is 25.4 Å². The van der Waals surface area contributed by atoms with E-state index < -0.39 is 24.1 Å². The van der Waals surface area contributed by atoms with Crippen LogP contribution in [0.2, 0.25) is 0 Å². The van der Waals surface area contributed by atoms with Gasteiger partial charge < -0.3 is 19.0 Å². The van der Waals surface area contributed by atoms with Crippen LogP contribution in [0.3, 0.4) is 0 Å². The second-order valence-corrected chi connectivity index (χ2v) is 10.1. The van der Waals surface area contributed by atoms with Crippen LogP contribution in [0.5, 0.6) is 0 Å². The van der Waals surface area contributed by atoms with Gasteiger partial charge in [-0.2, -0.15) is 0 Å². The standard InChI is InChI=1S/C23H32O6/c1-12(24)29-19-17-14(11-15-13(7-10-28-15)16(17)21(26)27-5)23(4)9-6-8-22(2,3)20(23)18(19)25/h7,10,14,16-20,25H,6,8-9,11H2,1-5H3/t14-,16-,17+,18-,19+,20-,23+/m0/s1. The summed E-state index contributed by atoms with van der Waals surface area (Å²) in [7, 11) is 1.38. The average Bonchev–Trinajstić information content (AvgIpc) is 3.10. The van der Waals surface area contributed by atoms with Crippen LogP contribution < -0.4 is 0 Å².